The molecule has 3 heteroatoms. The Balaban J connectivity index is 0.00000729. The predicted molar refractivity (Wildman–Crippen MR) is 114 cm³/mol. The molecule has 0 aliphatic carbocycles. The van der Waals surface area contributed by atoms with Crippen LogP contribution in [0, 0.1) is 0 Å². The van der Waals surface area contributed by atoms with Gasteiger partial charge >= 0.3 is 29.6 Å². The van der Waals surface area contributed by atoms with Gasteiger partial charge in [0.25, 0.3) is 0 Å². The first kappa shape index (κ1) is 27.7. The molecule has 0 radical (unpaired) electrons. The first-order chi connectivity index (χ1) is 13.3. The van der Waals surface area contributed by atoms with Gasteiger partial charge in [-0.05, 0) is 18.4 Å². The van der Waals surface area contributed by atoms with Gasteiger partial charge in [-0.3, -0.25) is 0 Å². The zero-order chi connectivity index (χ0) is 19.6. The van der Waals surface area contributed by atoms with Crippen LogP contribution in [0.5, 0.6) is 0 Å². The molecule has 0 saturated carbocycles. The molecule has 154 valence electrons. The maximum absolute atomic E-state index is 11.1. The van der Waals surface area contributed by atoms with Crippen LogP contribution in [0.1, 0.15) is 126 Å². The topological polar surface area (TPSA) is 40.1 Å². The number of unbranched alkanes of at least 4 members (excludes halogenated alkanes) is 15. The summed E-state index contributed by atoms with van der Waals surface area (Å²) in [6.45, 7) is 2.28. The number of carboxylic acid groups (broad SMARTS) is 1. The van der Waals surface area contributed by atoms with Gasteiger partial charge in [-0.2, -0.15) is 0 Å². The molecular formula is C25H41NaO2. The van der Waals surface area contributed by atoms with Crippen LogP contribution in [0.3, 0.4) is 0 Å². The summed E-state index contributed by atoms with van der Waals surface area (Å²) in [7, 11) is 0. The second-order valence-corrected chi connectivity index (χ2v) is 8.00. The van der Waals surface area contributed by atoms with Gasteiger partial charge < -0.3 is 9.90 Å². The fourth-order valence-corrected chi connectivity index (χ4v) is 3.80. The maximum Gasteiger partial charge on any atom is 1.00 e. The number of carboxylic acids is 1. The van der Waals surface area contributed by atoms with E-state index in [-0.39, 0.29) is 29.6 Å². The number of carbonyl (C=O) groups excluding carboxylic acids is 1. The number of rotatable bonds is 18. The van der Waals surface area contributed by atoms with E-state index in [0.717, 1.165) is 18.4 Å². The van der Waals surface area contributed by atoms with Crippen LogP contribution in [-0.2, 0) is 6.42 Å². The van der Waals surface area contributed by atoms with E-state index < -0.39 is 5.97 Å². The molecular weight excluding hydrogens is 355 g/mol. The van der Waals surface area contributed by atoms with E-state index in [0.29, 0.717) is 5.56 Å². The first-order valence-electron chi connectivity index (χ1n) is 11.5. The summed E-state index contributed by atoms with van der Waals surface area (Å²) in [5.41, 5.74) is 1.28. The Hall–Kier alpha value is -0.310. The van der Waals surface area contributed by atoms with Gasteiger partial charge in [0.2, 0.25) is 0 Å². The van der Waals surface area contributed by atoms with Crippen molar-refractivity contribution in [2.45, 2.75) is 116 Å². The van der Waals surface area contributed by atoms with Crippen LogP contribution in [0.4, 0.5) is 0 Å². The van der Waals surface area contributed by atoms with Crippen molar-refractivity contribution in [1.29, 1.82) is 0 Å². The summed E-state index contributed by atoms with van der Waals surface area (Å²) in [5, 5.41) is 11.1. The van der Waals surface area contributed by atoms with Gasteiger partial charge in [-0.15, -0.1) is 0 Å². The van der Waals surface area contributed by atoms with E-state index in [1.807, 2.05) is 12.1 Å². The standard InChI is InChI=1S/C25H42O2.Na/c1-2-3-4-5-6-7-8-9-10-11-12-13-14-15-16-17-20-23-21-18-19-22-24(23)25(26)27;/h18-19,21-22H,2-17,20H2,1H3,(H,26,27);/q;+1/p-1. The SMILES string of the molecule is CCCCCCCCCCCCCCCCCCc1ccccc1C(=O)[O-].[Na+]. The van der Waals surface area contributed by atoms with E-state index in [2.05, 4.69) is 6.92 Å². The Morgan fingerprint density at radius 3 is 1.50 bits per heavy atom. The third kappa shape index (κ3) is 14.7. The number of aromatic carboxylic acids is 1. The second kappa shape index (κ2) is 20.0. The van der Waals surface area contributed by atoms with Gasteiger partial charge in [0.05, 0.1) is 5.97 Å². The minimum atomic E-state index is -1.05. The van der Waals surface area contributed by atoms with Crippen molar-refractivity contribution in [2.24, 2.45) is 0 Å². The van der Waals surface area contributed by atoms with Crippen molar-refractivity contribution >= 4 is 5.97 Å². The molecule has 28 heavy (non-hydrogen) atoms. The molecule has 0 aromatic heterocycles. The molecule has 0 fully saturated rings. The molecule has 1 aromatic carbocycles. The fraction of sp³-hybridized carbons (Fsp3) is 0.720. The number of aryl methyl sites for hydroxylation is 1. The third-order valence-corrected chi connectivity index (χ3v) is 5.54. The maximum atomic E-state index is 11.1. The second-order valence-electron chi connectivity index (χ2n) is 8.00. The van der Waals surface area contributed by atoms with Crippen molar-refractivity contribution in [3.8, 4) is 0 Å². The summed E-state index contributed by atoms with van der Waals surface area (Å²) >= 11 is 0. The molecule has 0 heterocycles. The first-order valence-corrected chi connectivity index (χ1v) is 11.5. The van der Waals surface area contributed by atoms with Gasteiger partial charge in [-0.25, -0.2) is 0 Å². The summed E-state index contributed by atoms with van der Waals surface area (Å²) in [5.74, 6) is -1.05. The fourth-order valence-electron chi connectivity index (χ4n) is 3.80. The van der Waals surface area contributed by atoms with Gasteiger partial charge in [0.15, 0.2) is 0 Å². The van der Waals surface area contributed by atoms with E-state index >= 15 is 0 Å². The van der Waals surface area contributed by atoms with Crippen LogP contribution in [-0.4, -0.2) is 5.97 Å². The van der Waals surface area contributed by atoms with Crippen LogP contribution in [0.15, 0.2) is 24.3 Å². The molecule has 1 aromatic rings. The van der Waals surface area contributed by atoms with Crippen LogP contribution >= 0.6 is 0 Å². The molecule has 0 N–H and O–H groups in total. The average Bonchev–Trinajstić information content (AvgIpc) is 2.68. The minimum Gasteiger partial charge on any atom is -0.545 e. The molecule has 0 atom stereocenters. The Kier molecular flexibility index (Phi) is 19.8. The molecule has 1 rings (SSSR count). The molecule has 0 saturated heterocycles. The van der Waals surface area contributed by atoms with Crippen molar-refractivity contribution in [3.05, 3.63) is 35.4 Å². The van der Waals surface area contributed by atoms with E-state index in [1.165, 1.54) is 96.3 Å². The summed E-state index contributed by atoms with van der Waals surface area (Å²) in [6.07, 6.45) is 22.6. The average molecular weight is 397 g/mol. The number of hydrogen-bond donors (Lipinski definition) is 0. The predicted octanol–water partition coefficient (Wildman–Crippen LogP) is 3.86. The van der Waals surface area contributed by atoms with Gasteiger partial charge in [-0.1, -0.05) is 128 Å². The van der Waals surface area contributed by atoms with Crippen molar-refractivity contribution < 1.29 is 39.5 Å². The van der Waals surface area contributed by atoms with Gasteiger partial charge in [0, 0.05) is 5.56 Å². The zero-order valence-electron chi connectivity index (χ0n) is 18.6. The Morgan fingerprint density at radius 1 is 0.679 bits per heavy atom. The van der Waals surface area contributed by atoms with Crippen molar-refractivity contribution in [1.82, 2.24) is 0 Å². The van der Waals surface area contributed by atoms with Crippen LogP contribution < -0.4 is 34.7 Å². The van der Waals surface area contributed by atoms with E-state index in [1.54, 1.807) is 12.1 Å². The zero-order valence-corrected chi connectivity index (χ0v) is 20.6. The van der Waals surface area contributed by atoms with Crippen LogP contribution in [0.2, 0.25) is 0 Å². The Morgan fingerprint density at radius 2 is 1.07 bits per heavy atom. The molecule has 0 unspecified atom stereocenters. The molecule has 0 spiro atoms. The van der Waals surface area contributed by atoms with E-state index in [4.69, 9.17) is 0 Å². The molecule has 0 aliphatic heterocycles. The van der Waals surface area contributed by atoms with Crippen molar-refractivity contribution in [2.75, 3.05) is 0 Å². The molecule has 2 nitrogen and oxygen atoms in total. The van der Waals surface area contributed by atoms with Crippen LogP contribution in [0.25, 0.3) is 0 Å². The summed E-state index contributed by atoms with van der Waals surface area (Å²) in [6, 6.07) is 7.24. The molecule has 0 amide bonds. The number of benzene rings is 1. The molecule has 0 aliphatic rings. The van der Waals surface area contributed by atoms with Gasteiger partial charge in [0.1, 0.15) is 0 Å². The monoisotopic (exact) mass is 396 g/mol. The molecule has 0 bridgehead atoms. The smallest absolute Gasteiger partial charge is 0.545 e. The summed E-state index contributed by atoms with van der Waals surface area (Å²) in [4.78, 5) is 11.1. The normalized spacial score (nSPS) is 10.6. The largest absolute Gasteiger partial charge is 1.00 e. The Bertz CT molecular complexity index is 487. The number of carbonyl (C=O) groups is 1. The minimum absolute atomic E-state index is 0. The van der Waals surface area contributed by atoms with Crippen molar-refractivity contribution in [3.63, 3.8) is 0 Å². The number of hydrogen-bond acceptors (Lipinski definition) is 2. The summed E-state index contributed by atoms with van der Waals surface area (Å²) < 4.78 is 0. The van der Waals surface area contributed by atoms with E-state index in [9.17, 15) is 9.90 Å². The Labute approximate surface area is 196 Å². The third-order valence-electron chi connectivity index (χ3n) is 5.54. The quantitative estimate of drug-likeness (QED) is 0.279.